The van der Waals surface area contributed by atoms with Crippen LogP contribution in [0.15, 0.2) is 52.9 Å². The van der Waals surface area contributed by atoms with Gasteiger partial charge >= 0.3 is 6.01 Å². The maximum atomic E-state index is 11.9. The zero-order valence-electron chi connectivity index (χ0n) is 14.9. The summed E-state index contributed by atoms with van der Waals surface area (Å²) in [6.07, 6.45) is 1.52. The Morgan fingerprint density at radius 1 is 1.12 bits per heavy atom. The van der Waals surface area contributed by atoms with Gasteiger partial charge in [0.1, 0.15) is 5.75 Å². The Hall–Kier alpha value is -3.15. The second-order valence-corrected chi connectivity index (χ2v) is 6.00. The molecule has 0 aliphatic rings. The van der Waals surface area contributed by atoms with Gasteiger partial charge < -0.3 is 9.15 Å². The van der Waals surface area contributed by atoms with E-state index >= 15 is 0 Å². The molecule has 0 radical (unpaired) electrons. The Morgan fingerprint density at radius 2 is 1.88 bits per heavy atom. The zero-order valence-corrected chi connectivity index (χ0v) is 14.9. The van der Waals surface area contributed by atoms with Crippen molar-refractivity contribution in [2.45, 2.75) is 26.7 Å². The van der Waals surface area contributed by atoms with E-state index in [0.29, 0.717) is 18.1 Å². The predicted molar refractivity (Wildman–Crippen MR) is 98.2 cm³/mol. The highest BCUT2D eigenvalue weighted by molar-refractivity contribution is 5.89. The second kappa shape index (κ2) is 8.29. The van der Waals surface area contributed by atoms with Crippen molar-refractivity contribution in [2.75, 3.05) is 11.9 Å². The minimum absolute atomic E-state index is 0.0722. The third kappa shape index (κ3) is 4.92. The Bertz CT molecular complexity index is 872. The standard InChI is InChI=1S/C20H21N3O3/c1-3-15-7-9-16(10-8-15)12-19-22-23-20(26-19)21-18(24)13-25-17-6-4-5-14(2)11-17/h4-11H,3,12-13H2,1-2H3,(H,21,23,24). The van der Waals surface area contributed by atoms with Crippen LogP contribution in [0.25, 0.3) is 0 Å². The van der Waals surface area contributed by atoms with Crippen molar-refractivity contribution < 1.29 is 13.9 Å². The molecule has 0 spiro atoms. The molecule has 6 nitrogen and oxygen atoms in total. The SMILES string of the molecule is CCc1ccc(Cc2nnc(NC(=O)COc3cccc(C)c3)o2)cc1. The molecule has 0 aliphatic carbocycles. The highest BCUT2D eigenvalue weighted by atomic mass is 16.5. The fraction of sp³-hybridized carbons (Fsp3) is 0.250. The van der Waals surface area contributed by atoms with Gasteiger partial charge in [-0.15, -0.1) is 5.10 Å². The minimum atomic E-state index is -0.353. The number of aryl methyl sites for hydroxylation is 2. The van der Waals surface area contributed by atoms with E-state index in [-0.39, 0.29) is 18.5 Å². The number of rotatable bonds is 7. The summed E-state index contributed by atoms with van der Waals surface area (Å²) in [5, 5.41) is 10.4. The van der Waals surface area contributed by atoms with Crippen molar-refractivity contribution in [3.63, 3.8) is 0 Å². The molecule has 3 rings (SSSR count). The quantitative estimate of drug-likeness (QED) is 0.704. The van der Waals surface area contributed by atoms with Gasteiger partial charge in [-0.05, 0) is 42.2 Å². The van der Waals surface area contributed by atoms with E-state index in [1.165, 1.54) is 5.56 Å². The summed E-state index contributed by atoms with van der Waals surface area (Å²) in [4.78, 5) is 11.9. The average molecular weight is 351 g/mol. The molecule has 0 fully saturated rings. The maximum absolute atomic E-state index is 11.9. The van der Waals surface area contributed by atoms with Gasteiger partial charge in [0.25, 0.3) is 5.91 Å². The van der Waals surface area contributed by atoms with Gasteiger partial charge in [-0.3, -0.25) is 10.1 Å². The maximum Gasteiger partial charge on any atom is 0.322 e. The van der Waals surface area contributed by atoms with E-state index in [0.717, 1.165) is 17.5 Å². The van der Waals surface area contributed by atoms with E-state index in [1.54, 1.807) is 6.07 Å². The summed E-state index contributed by atoms with van der Waals surface area (Å²) in [6.45, 7) is 3.95. The number of ether oxygens (including phenoxy) is 1. The van der Waals surface area contributed by atoms with Crippen LogP contribution in [-0.4, -0.2) is 22.7 Å². The fourth-order valence-corrected chi connectivity index (χ4v) is 2.45. The first-order chi connectivity index (χ1) is 12.6. The molecule has 2 aromatic carbocycles. The van der Waals surface area contributed by atoms with Crippen LogP contribution in [0.4, 0.5) is 6.01 Å². The number of nitrogens with one attached hydrogen (secondary N) is 1. The van der Waals surface area contributed by atoms with Crippen LogP contribution < -0.4 is 10.1 Å². The fourth-order valence-electron chi connectivity index (χ4n) is 2.45. The molecule has 26 heavy (non-hydrogen) atoms. The van der Waals surface area contributed by atoms with Crippen LogP contribution in [0.5, 0.6) is 5.75 Å². The first-order valence-corrected chi connectivity index (χ1v) is 8.52. The lowest BCUT2D eigenvalue weighted by Gasteiger charge is -2.05. The molecule has 0 bridgehead atoms. The smallest absolute Gasteiger partial charge is 0.322 e. The average Bonchev–Trinajstić information content (AvgIpc) is 3.07. The summed E-state index contributed by atoms with van der Waals surface area (Å²) in [7, 11) is 0. The van der Waals surface area contributed by atoms with Crippen LogP contribution >= 0.6 is 0 Å². The molecule has 134 valence electrons. The predicted octanol–water partition coefficient (Wildman–Crippen LogP) is 3.55. The van der Waals surface area contributed by atoms with Gasteiger partial charge in [-0.1, -0.05) is 48.4 Å². The van der Waals surface area contributed by atoms with Gasteiger partial charge in [0.2, 0.25) is 5.89 Å². The van der Waals surface area contributed by atoms with Gasteiger partial charge in [0.05, 0.1) is 6.42 Å². The van der Waals surface area contributed by atoms with Crippen LogP contribution in [0.2, 0.25) is 0 Å². The molecule has 3 aromatic rings. The van der Waals surface area contributed by atoms with Crippen LogP contribution in [0.3, 0.4) is 0 Å². The molecule has 1 amide bonds. The summed E-state index contributed by atoms with van der Waals surface area (Å²) in [6, 6.07) is 15.8. The Morgan fingerprint density at radius 3 is 2.62 bits per heavy atom. The Labute approximate surface area is 152 Å². The number of hydrogen-bond donors (Lipinski definition) is 1. The molecule has 0 atom stereocenters. The molecule has 0 saturated heterocycles. The van der Waals surface area contributed by atoms with Crippen molar-refractivity contribution in [3.05, 3.63) is 71.1 Å². The Kier molecular flexibility index (Phi) is 5.63. The molecule has 0 saturated carbocycles. The van der Waals surface area contributed by atoms with Crippen molar-refractivity contribution >= 4 is 11.9 Å². The van der Waals surface area contributed by atoms with Crippen LogP contribution in [0, 0.1) is 6.92 Å². The minimum Gasteiger partial charge on any atom is -0.484 e. The molecular formula is C20H21N3O3. The van der Waals surface area contributed by atoms with Crippen molar-refractivity contribution in [3.8, 4) is 5.75 Å². The number of carbonyl (C=O) groups is 1. The molecule has 0 unspecified atom stereocenters. The number of benzene rings is 2. The van der Waals surface area contributed by atoms with E-state index in [1.807, 2.05) is 37.3 Å². The zero-order chi connectivity index (χ0) is 18.4. The lowest BCUT2D eigenvalue weighted by Crippen LogP contribution is -2.20. The van der Waals surface area contributed by atoms with Gasteiger partial charge in [-0.2, -0.15) is 0 Å². The van der Waals surface area contributed by atoms with Crippen LogP contribution in [0.1, 0.15) is 29.5 Å². The van der Waals surface area contributed by atoms with E-state index in [9.17, 15) is 4.79 Å². The normalized spacial score (nSPS) is 10.5. The van der Waals surface area contributed by atoms with E-state index in [2.05, 4.69) is 34.6 Å². The highest BCUT2D eigenvalue weighted by Gasteiger charge is 2.11. The third-order valence-electron chi connectivity index (χ3n) is 3.86. The lowest BCUT2D eigenvalue weighted by atomic mass is 10.1. The summed E-state index contributed by atoms with van der Waals surface area (Å²) in [5.41, 5.74) is 3.42. The number of aromatic nitrogens is 2. The van der Waals surface area contributed by atoms with Crippen molar-refractivity contribution in [1.29, 1.82) is 0 Å². The van der Waals surface area contributed by atoms with E-state index < -0.39 is 0 Å². The molecule has 0 aliphatic heterocycles. The molecule has 1 N–H and O–H groups in total. The third-order valence-corrected chi connectivity index (χ3v) is 3.86. The van der Waals surface area contributed by atoms with E-state index in [4.69, 9.17) is 9.15 Å². The molecule has 1 aromatic heterocycles. The molecule has 1 heterocycles. The summed E-state index contributed by atoms with van der Waals surface area (Å²) < 4.78 is 10.9. The number of anilines is 1. The number of carbonyl (C=O) groups excluding carboxylic acids is 1. The number of hydrogen-bond acceptors (Lipinski definition) is 5. The first-order valence-electron chi connectivity index (χ1n) is 8.52. The van der Waals surface area contributed by atoms with Crippen molar-refractivity contribution in [2.24, 2.45) is 0 Å². The largest absolute Gasteiger partial charge is 0.484 e. The van der Waals surface area contributed by atoms with Gasteiger partial charge in [-0.25, -0.2) is 0 Å². The molecular weight excluding hydrogens is 330 g/mol. The first kappa shape index (κ1) is 17.7. The van der Waals surface area contributed by atoms with Gasteiger partial charge in [0, 0.05) is 0 Å². The Balaban J connectivity index is 1.51. The highest BCUT2D eigenvalue weighted by Crippen LogP contribution is 2.14. The summed E-state index contributed by atoms with van der Waals surface area (Å²) >= 11 is 0. The van der Waals surface area contributed by atoms with Crippen molar-refractivity contribution in [1.82, 2.24) is 10.2 Å². The molecule has 6 heteroatoms. The van der Waals surface area contributed by atoms with Gasteiger partial charge in [0.15, 0.2) is 6.61 Å². The topological polar surface area (TPSA) is 77.2 Å². The summed E-state index contributed by atoms with van der Waals surface area (Å²) in [5.74, 6) is 0.736. The lowest BCUT2D eigenvalue weighted by molar-refractivity contribution is -0.118. The second-order valence-electron chi connectivity index (χ2n) is 6.00. The number of nitrogens with zero attached hydrogens (tertiary/aromatic N) is 2. The van der Waals surface area contributed by atoms with Crippen LogP contribution in [-0.2, 0) is 17.6 Å². The number of amides is 1. The monoisotopic (exact) mass is 351 g/mol.